The van der Waals surface area contributed by atoms with Crippen LogP contribution in [-0.4, -0.2) is 61.6 Å². The molecular formula is C7H10O8. The topological polar surface area (TPSA) is 152 Å². The maximum absolute atomic E-state index is 10.6. The van der Waals surface area contributed by atoms with Gasteiger partial charge in [0.25, 0.3) is 0 Å². The first kappa shape index (κ1) is 13.5. The van der Waals surface area contributed by atoms with E-state index in [0.717, 1.165) is 0 Å². The summed E-state index contributed by atoms with van der Waals surface area (Å²) in [6, 6.07) is 0. The minimum atomic E-state index is -2.28. The van der Waals surface area contributed by atoms with Crippen molar-refractivity contribution in [2.24, 2.45) is 0 Å². The summed E-state index contributed by atoms with van der Waals surface area (Å²) < 4.78 is 0. The molecule has 0 fully saturated rings. The van der Waals surface area contributed by atoms with Gasteiger partial charge in [-0.2, -0.15) is 0 Å². The molecule has 8 heteroatoms. The molecule has 15 heavy (non-hydrogen) atoms. The third kappa shape index (κ3) is 4.02. The minimum absolute atomic E-state index is 0.971. The molecule has 0 aliphatic heterocycles. The van der Waals surface area contributed by atoms with Gasteiger partial charge in [-0.05, 0) is 0 Å². The van der Waals surface area contributed by atoms with Crippen LogP contribution in [0, 0.1) is 0 Å². The van der Waals surface area contributed by atoms with Gasteiger partial charge in [-0.25, -0.2) is 9.59 Å². The van der Waals surface area contributed by atoms with Gasteiger partial charge < -0.3 is 25.5 Å². The molecular weight excluding hydrogens is 212 g/mol. The lowest BCUT2D eigenvalue weighted by Gasteiger charge is -2.18. The monoisotopic (exact) mass is 222 g/mol. The molecule has 0 unspecified atom stereocenters. The zero-order valence-electron chi connectivity index (χ0n) is 7.40. The number of ketones is 1. The molecule has 0 amide bonds. The number of carboxylic acid groups (broad SMARTS) is 2. The van der Waals surface area contributed by atoms with Crippen molar-refractivity contribution in [2.45, 2.75) is 24.7 Å². The molecule has 0 aromatic heterocycles. The Labute approximate surface area is 83.4 Å². The smallest absolute Gasteiger partial charge is 0.372 e. The Bertz CT molecular complexity index is 272. The van der Waals surface area contributed by atoms with Crippen molar-refractivity contribution in [3.8, 4) is 0 Å². The predicted octanol–water partition coefficient (Wildman–Crippen LogP) is -2.80. The number of carboxylic acids is 2. The molecule has 0 saturated carbocycles. The van der Waals surface area contributed by atoms with Gasteiger partial charge in [0.15, 0.2) is 6.10 Å². The van der Waals surface area contributed by atoms with Crippen LogP contribution >= 0.6 is 0 Å². The highest BCUT2D eigenvalue weighted by atomic mass is 16.4. The molecule has 0 rings (SSSR count). The largest absolute Gasteiger partial charge is 0.479 e. The quantitative estimate of drug-likeness (QED) is 0.302. The summed E-state index contributed by atoms with van der Waals surface area (Å²) in [6.45, 7) is 0. The number of aliphatic hydroxyl groups excluding tert-OH is 3. The summed E-state index contributed by atoms with van der Waals surface area (Å²) in [4.78, 5) is 30.7. The van der Waals surface area contributed by atoms with Gasteiger partial charge in [-0.15, -0.1) is 0 Å². The van der Waals surface area contributed by atoms with E-state index in [-0.39, 0.29) is 0 Å². The van der Waals surface area contributed by atoms with E-state index in [1.165, 1.54) is 0 Å². The zero-order chi connectivity index (χ0) is 12.2. The van der Waals surface area contributed by atoms with E-state index in [1.54, 1.807) is 0 Å². The van der Waals surface area contributed by atoms with Crippen LogP contribution in [0.5, 0.6) is 0 Å². The molecule has 0 saturated heterocycles. The summed E-state index contributed by atoms with van der Waals surface area (Å²) in [5, 5.41) is 43.1. The van der Waals surface area contributed by atoms with E-state index >= 15 is 0 Å². The molecule has 0 aromatic rings. The van der Waals surface area contributed by atoms with Crippen molar-refractivity contribution in [2.75, 3.05) is 0 Å². The van der Waals surface area contributed by atoms with Crippen LogP contribution in [0.3, 0.4) is 0 Å². The van der Waals surface area contributed by atoms with Gasteiger partial charge in [0, 0.05) is 6.42 Å². The average molecular weight is 222 g/mol. The lowest BCUT2D eigenvalue weighted by Crippen LogP contribution is -2.43. The molecule has 0 aromatic carbocycles. The van der Waals surface area contributed by atoms with Crippen LogP contribution in [0.2, 0.25) is 0 Å². The van der Waals surface area contributed by atoms with Gasteiger partial charge >= 0.3 is 11.9 Å². The van der Waals surface area contributed by atoms with Crippen LogP contribution in [-0.2, 0) is 14.4 Å². The van der Waals surface area contributed by atoms with E-state index in [2.05, 4.69) is 0 Å². The van der Waals surface area contributed by atoms with Crippen LogP contribution in [0.15, 0.2) is 0 Å². The number of hydrogen-bond acceptors (Lipinski definition) is 6. The van der Waals surface area contributed by atoms with Crippen LogP contribution in [0.1, 0.15) is 6.42 Å². The number of aliphatic hydroxyl groups is 3. The number of rotatable bonds is 6. The number of carbonyl (C=O) groups is 3. The Balaban J connectivity index is 4.33. The SMILES string of the molecule is O=C(O)C(=O)C[C@@H](O)[C@@H](O)[C@H](O)C(=O)O. The summed E-state index contributed by atoms with van der Waals surface area (Å²) in [5.41, 5.74) is 0. The van der Waals surface area contributed by atoms with Crippen molar-refractivity contribution in [3.63, 3.8) is 0 Å². The Morgan fingerprint density at radius 2 is 1.47 bits per heavy atom. The predicted molar refractivity (Wildman–Crippen MR) is 42.9 cm³/mol. The van der Waals surface area contributed by atoms with E-state index in [4.69, 9.17) is 25.5 Å². The van der Waals surface area contributed by atoms with Crippen molar-refractivity contribution in [1.29, 1.82) is 0 Å². The second-order valence-electron chi connectivity index (χ2n) is 2.77. The van der Waals surface area contributed by atoms with Gasteiger partial charge in [-0.1, -0.05) is 0 Å². The lowest BCUT2D eigenvalue weighted by atomic mass is 10.0. The summed E-state index contributed by atoms with van der Waals surface area (Å²) in [7, 11) is 0. The van der Waals surface area contributed by atoms with E-state index in [9.17, 15) is 14.4 Å². The van der Waals surface area contributed by atoms with Gasteiger partial charge in [0.1, 0.15) is 6.10 Å². The third-order valence-electron chi connectivity index (χ3n) is 1.60. The summed E-state index contributed by atoms with van der Waals surface area (Å²) in [5.74, 6) is -4.99. The number of aliphatic carboxylic acids is 2. The van der Waals surface area contributed by atoms with Gasteiger partial charge in [-0.3, -0.25) is 4.79 Å². The van der Waals surface area contributed by atoms with E-state index in [0.29, 0.717) is 0 Å². The van der Waals surface area contributed by atoms with Gasteiger partial charge in [0.05, 0.1) is 6.10 Å². The summed E-state index contributed by atoms with van der Waals surface area (Å²) >= 11 is 0. The molecule has 0 bridgehead atoms. The second kappa shape index (κ2) is 5.39. The van der Waals surface area contributed by atoms with Gasteiger partial charge in [0.2, 0.25) is 5.78 Å². The highest BCUT2D eigenvalue weighted by molar-refractivity contribution is 6.32. The number of carbonyl (C=O) groups excluding carboxylic acids is 1. The zero-order valence-corrected chi connectivity index (χ0v) is 7.40. The second-order valence-corrected chi connectivity index (χ2v) is 2.77. The standard InChI is InChI=1S/C7H10O8/c8-2(1-3(9)6(12)13)4(10)5(11)7(14)15/h2,4-5,8,10-11H,1H2,(H,12,13)(H,14,15)/t2-,4-,5+/m1/s1. The molecule has 0 radical (unpaired) electrons. The Kier molecular flexibility index (Phi) is 4.85. The molecule has 0 aliphatic rings. The Morgan fingerprint density at radius 3 is 1.80 bits per heavy atom. The first-order valence-electron chi connectivity index (χ1n) is 3.80. The van der Waals surface area contributed by atoms with Crippen molar-refractivity contribution in [1.82, 2.24) is 0 Å². The van der Waals surface area contributed by atoms with Crippen LogP contribution in [0.4, 0.5) is 0 Å². The number of Topliss-reactive ketones (excluding diaryl/α,β-unsaturated/α-hetero) is 1. The normalized spacial score (nSPS) is 16.5. The van der Waals surface area contributed by atoms with Crippen molar-refractivity contribution >= 4 is 17.7 Å². The highest BCUT2D eigenvalue weighted by Crippen LogP contribution is 2.05. The highest BCUT2D eigenvalue weighted by Gasteiger charge is 2.32. The first-order valence-corrected chi connectivity index (χ1v) is 3.80. The molecule has 8 nitrogen and oxygen atoms in total. The Morgan fingerprint density at radius 1 is 1.00 bits per heavy atom. The van der Waals surface area contributed by atoms with E-state index < -0.39 is 42.5 Å². The fraction of sp³-hybridized carbons (Fsp3) is 0.571. The molecule has 0 aliphatic carbocycles. The molecule has 86 valence electrons. The lowest BCUT2D eigenvalue weighted by molar-refractivity contribution is -0.160. The first-order chi connectivity index (χ1) is 6.77. The fourth-order valence-corrected chi connectivity index (χ4v) is 0.755. The third-order valence-corrected chi connectivity index (χ3v) is 1.60. The maximum atomic E-state index is 10.6. The average Bonchev–Trinajstić information content (AvgIpc) is 2.14. The molecule has 5 N–H and O–H groups in total. The molecule has 3 atom stereocenters. The van der Waals surface area contributed by atoms with Crippen LogP contribution < -0.4 is 0 Å². The minimum Gasteiger partial charge on any atom is -0.479 e. The summed E-state index contributed by atoms with van der Waals surface area (Å²) in [6.07, 6.45) is -7.31. The number of hydrogen-bond donors (Lipinski definition) is 5. The maximum Gasteiger partial charge on any atom is 0.372 e. The van der Waals surface area contributed by atoms with E-state index in [1.807, 2.05) is 0 Å². The van der Waals surface area contributed by atoms with Crippen LogP contribution in [0.25, 0.3) is 0 Å². The van der Waals surface area contributed by atoms with Crippen molar-refractivity contribution < 1.29 is 39.9 Å². The molecule has 0 heterocycles. The molecule has 0 spiro atoms. The fourth-order valence-electron chi connectivity index (χ4n) is 0.755. The Hall–Kier alpha value is -1.51. The van der Waals surface area contributed by atoms with Crippen molar-refractivity contribution in [3.05, 3.63) is 0 Å².